The van der Waals surface area contributed by atoms with Gasteiger partial charge in [-0.25, -0.2) is 9.59 Å². The van der Waals surface area contributed by atoms with Gasteiger partial charge in [0.15, 0.2) is 0 Å². The number of benzene rings is 2. The third kappa shape index (κ3) is 5.96. The zero-order chi connectivity index (χ0) is 18.8. The first kappa shape index (κ1) is 19.0. The summed E-state index contributed by atoms with van der Waals surface area (Å²) >= 11 is 0. The largest absolute Gasteiger partial charge is 0.465 e. The van der Waals surface area contributed by atoms with Crippen LogP contribution in [0.4, 0.5) is 10.5 Å². The van der Waals surface area contributed by atoms with E-state index in [4.69, 9.17) is 9.47 Å². The van der Waals surface area contributed by atoms with Crippen molar-refractivity contribution >= 4 is 17.7 Å². The smallest absolute Gasteiger partial charge is 0.337 e. The summed E-state index contributed by atoms with van der Waals surface area (Å²) in [4.78, 5) is 23.3. The number of rotatable bonds is 5. The van der Waals surface area contributed by atoms with Crippen LogP contribution in [0.3, 0.4) is 0 Å². The van der Waals surface area contributed by atoms with Crippen LogP contribution in [0.25, 0.3) is 0 Å². The molecular weight excluding hydrogens is 332 g/mol. The molecule has 134 valence electrons. The van der Waals surface area contributed by atoms with E-state index in [0.717, 1.165) is 5.56 Å². The predicted octanol–water partition coefficient (Wildman–Crippen LogP) is 2.64. The van der Waals surface area contributed by atoms with Crippen molar-refractivity contribution < 1.29 is 19.1 Å². The number of amides is 2. The highest BCUT2D eigenvalue weighted by molar-refractivity contribution is 5.90. The summed E-state index contributed by atoms with van der Waals surface area (Å²) < 4.78 is 9.58. The highest BCUT2D eigenvalue weighted by atomic mass is 16.5. The van der Waals surface area contributed by atoms with Crippen molar-refractivity contribution in [2.45, 2.75) is 0 Å². The predicted molar refractivity (Wildman–Crippen MR) is 99.1 cm³/mol. The minimum atomic E-state index is -0.403. The molecule has 0 unspecified atom stereocenters. The van der Waals surface area contributed by atoms with Gasteiger partial charge >= 0.3 is 12.0 Å². The first-order chi connectivity index (χ1) is 12.6. The Morgan fingerprint density at radius 3 is 2.38 bits per heavy atom. The van der Waals surface area contributed by atoms with Crippen LogP contribution in [-0.2, 0) is 9.47 Å². The number of esters is 1. The molecule has 0 bridgehead atoms. The van der Waals surface area contributed by atoms with Crippen molar-refractivity contribution in [3.8, 4) is 11.8 Å². The van der Waals surface area contributed by atoms with Gasteiger partial charge in [-0.15, -0.1) is 0 Å². The lowest BCUT2D eigenvalue weighted by molar-refractivity contribution is 0.0600. The molecule has 6 nitrogen and oxygen atoms in total. The second-order valence-electron chi connectivity index (χ2n) is 5.28. The minimum Gasteiger partial charge on any atom is -0.465 e. The van der Waals surface area contributed by atoms with E-state index in [0.29, 0.717) is 30.0 Å². The fraction of sp³-hybridized carbons (Fsp3) is 0.200. The van der Waals surface area contributed by atoms with E-state index in [2.05, 4.69) is 22.5 Å². The molecule has 26 heavy (non-hydrogen) atoms. The molecule has 0 radical (unpaired) electrons. The summed E-state index contributed by atoms with van der Waals surface area (Å²) in [6.45, 7) is 0.877. The number of methoxy groups -OCH3 is 2. The third-order valence-corrected chi connectivity index (χ3v) is 3.35. The third-order valence-electron chi connectivity index (χ3n) is 3.35. The quantitative estimate of drug-likeness (QED) is 0.493. The van der Waals surface area contributed by atoms with Crippen LogP contribution in [0, 0.1) is 11.8 Å². The summed E-state index contributed by atoms with van der Waals surface area (Å²) in [5.41, 5.74) is 2.52. The van der Waals surface area contributed by atoms with Gasteiger partial charge in [0, 0.05) is 30.5 Å². The second kappa shape index (κ2) is 9.87. The van der Waals surface area contributed by atoms with Crippen LogP contribution in [0.15, 0.2) is 48.5 Å². The molecule has 0 atom stereocenters. The van der Waals surface area contributed by atoms with Crippen LogP contribution in [0.5, 0.6) is 0 Å². The SMILES string of the molecule is COCCNC(=O)Nc1cccc(C#Cc2cccc(C(=O)OC)c2)c1. The number of ether oxygens (including phenoxy) is 2. The maximum atomic E-state index is 11.8. The molecule has 0 aromatic heterocycles. The Bertz CT molecular complexity index is 837. The van der Waals surface area contributed by atoms with Crippen LogP contribution >= 0.6 is 0 Å². The topological polar surface area (TPSA) is 76.7 Å². The zero-order valence-electron chi connectivity index (χ0n) is 14.7. The molecule has 6 heteroatoms. The number of hydrogen-bond donors (Lipinski definition) is 2. The standard InChI is InChI=1S/C20H20N2O4/c1-25-12-11-21-20(24)22-18-8-4-6-16(14-18)10-9-15-5-3-7-17(13-15)19(23)26-2/h3-8,13-14H,11-12H2,1-2H3,(H2,21,22,24). The minimum absolute atomic E-state index is 0.307. The Hall–Kier alpha value is -3.30. The maximum absolute atomic E-state index is 11.8. The molecule has 0 saturated heterocycles. The second-order valence-corrected chi connectivity index (χ2v) is 5.28. The van der Waals surface area contributed by atoms with Crippen LogP contribution in [0.2, 0.25) is 0 Å². The highest BCUT2D eigenvalue weighted by Gasteiger charge is 2.04. The molecule has 0 aliphatic carbocycles. The molecular formula is C20H20N2O4. The average Bonchev–Trinajstić information content (AvgIpc) is 2.66. The van der Waals surface area contributed by atoms with Crippen molar-refractivity contribution in [2.75, 3.05) is 32.7 Å². The van der Waals surface area contributed by atoms with Gasteiger partial charge in [0.25, 0.3) is 0 Å². The van der Waals surface area contributed by atoms with Gasteiger partial charge in [0.1, 0.15) is 0 Å². The molecule has 0 aliphatic rings. The normalized spacial score (nSPS) is 9.62. The van der Waals surface area contributed by atoms with Gasteiger partial charge in [-0.1, -0.05) is 24.0 Å². The van der Waals surface area contributed by atoms with Gasteiger partial charge < -0.3 is 20.1 Å². The van der Waals surface area contributed by atoms with E-state index >= 15 is 0 Å². The van der Waals surface area contributed by atoms with Crippen LogP contribution in [0.1, 0.15) is 21.5 Å². The molecule has 0 heterocycles. The monoisotopic (exact) mass is 352 g/mol. The molecule has 0 aliphatic heterocycles. The van der Waals surface area contributed by atoms with Crippen molar-refractivity contribution in [1.82, 2.24) is 5.32 Å². The lowest BCUT2D eigenvalue weighted by Gasteiger charge is -2.07. The van der Waals surface area contributed by atoms with Crippen molar-refractivity contribution in [1.29, 1.82) is 0 Å². The summed E-state index contributed by atoms with van der Waals surface area (Å²) in [6, 6.07) is 13.8. The van der Waals surface area contributed by atoms with Gasteiger partial charge in [-0.2, -0.15) is 0 Å². The van der Waals surface area contributed by atoms with Crippen molar-refractivity contribution in [3.05, 3.63) is 65.2 Å². The fourth-order valence-electron chi connectivity index (χ4n) is 2.10. The van der Waals surface area contributed by atoms with Crippen LogP contribution in [-0.4, -0.2) is 39.4 Å². The van der Waals surface area contributed by atoms with E-state index in [-0.39, 0.29) is 6.03 Å². The Labute approximate surface area is 152 Å². The molecule has 0 fully saturated rings. The first-order valence-corrected chi connectivity index (χ1v) is 7.96. The Kier molecular flexibility index (Phi) is 7.22. The molecule has 2 amide bonds. The number of urea groups is 1. The number of carbonyl (C=O) groups excluding carboxylic acids is 2. The van der Waals surface area contributed by atoms with E-state index in [1.807, 2.05) is 12.1 Å². The van der Waals surface area contributed by atoms with E-state index in [1.54, 1.807) is 43.5 Å². The molecule has 2 rings (SSSR count). The maximum Gasteiger partial charge on any atom is 0.337 e. The number of nitrogens with one attached hydrogen (secondary N) is 2. The molecule has 0 saturated carbocycles. The summed E-state index contributed by atoms with van der Waals surface area (Å²) in [6.07, 6.45) is 0. The number of hydrogen-bond acceptors (Lipinski definition) is 4. The Balaban J connectivity index is 2.06. The molecule has 2 aromatic carbocycles. The lowest BCUT2D eigenvalue weighted by Crippen LogP contribution is -2.31. The van der Waals surface area contributed by atoms with Crippen molar-refractivity contribution in [3.63, 3.8) is 0 Å². The number of carbonyl (C=O) groups is 2. The number of anilines is 1. The van der Waals surface area contributed by atoms with Gasteiger partial charge in [-0.05, 0) is 36.4 Å². The molecule has 2 N–H and O–H groups in total. The summed E-state index contributed by atoms with van der Waals surface area (Å²) in [5, 5.41) is 5.41. The first-order valence-electron chi connectivity index (χ1n) is 7.96. The molecule has 0 spiro atoms. The summed E-state index contributed by atoms with van der Waals surface area (Å²) in [5.74, 6) is 5.61. The highest BCUT2D eigenvalue weighted by Crippen LogP contribution is 2.10. The van der Waals surface area contributed by atoms with E-state index < -0.39 is 5.97 Å². The van der Waals surface area contributed by atoms with Gasteiger partial charge in [0.05, 0.1) is 19.3 Å². The van der Waals surface area contributed by atoms with Gasteiger partial charge in [0.2, 0.25) is 0 Å². The molecule has 2 aromatic rings. The van der Waals surface area contributed by atoms with E-state index in [1.165, 1.54) is 7.11 Å². The Morgan fingerprint density at radius 2 is 1.69 bits per heavy atom. The zero-order valence-corrected chi connectivity index (χ0v) is 14.7. The average molecular weight is 352 g/mol. The fourth-order valence-corrected chi connectivity index (χ4v) is 2.10. The lowest BCUT2D eigenvalue weighted by atomic mass is 10.1. The van der Waals surface area contributed by atoms with Gasteiger partial charge in [-0.3, -0.25) is 0 Å². The van der Waals surface area contributed by atoms with Crippen LogP contribution < -0.4 is 10.6 Å². The van der Waals surface area contributed by atoms with Crippen molar-refractivity contribution in [2.24, 2.45) is 0 Å². The van der Waals surface area contributed by atoms with E-state index in [9.17, 15) is 9.59 Å². The Morgan fingerprint density at radius 1 is 1.00 bits per heavy atom. The summed E-state index contributed by atoms with van der Waals surface area (Å²) in [7, 11) is 2.91.